The van der Waals surface area contributed by atoms with Crippen molar-refractivity contribution in [3.8, 4) is 5.75 Å². The van der Waals surface area contributed by atoms with Crippen LogP contribution in [0.4, 0.5) is 5.69 Å². The Labute approximate surface area is 149 Å². The number of esters is 1. The van der Waals surface area contributed by atoms with Crippen LogP contribution in [0.15, 0.2) is 46.9 Å². The number of hydrogen-bond acceptors (Lipinski definition) is 4. The maximum atomic E-state index is 11.9. The third kappa shape index (κ3) is 5.38. The van der Waals surface area contributed by atoms with Crippen LogP contribution in [0, 0.1) is 13.8 Å². The normalized spacial score (nSPS) is 10.1. The summed E-state index contributed by atoms with van der Waals surface area (Å²) in [6, 6.07) is 12.7. The minimum atomic E-state index is -0.605. The van der Waals surface area contributed by atoms with Gasteiger partial charge in [-0.15, -0.1) is 0 Å². The zero-order valence-electron chi connectivity index (χ0n) is 13.5. The van der Waals surface area contributed by atoms with Crippen LogP contribution in [0.3, 0.4) is 0 Å². The summed E-state index contributed by atoms with van der Waals surface area (Å²) in [5.74, 6) is -0.452. The number of amides is 1. The van der Waals surface area contributed by atoms with Crippen LogP contribution in [-0.2, 0) is 14.3 Å². The highest BCUT2D eigenvalue weighted by Gasteiger charge is 2.10. The average molecular weight is 392 g/mol. The maximum Gasteiger partial charge on any atom is 0.344 e. The number of carbonyl (C=O) groups excluding carboxylic acids is 2. The number of benzene rings is 2. The minimum Gasteiger partial charge on any atom is -0.482 e. The van der Waals surface area contributed by atoms with E-state index in [4.69, 9.17) is 9.47 Å². The SMILES string of the molecule is Cc1cccc(NC(=O)COC(=O)COc2cccc(Br)c2)c1C. The number of anilines is 1. The molecule has 1 N–H and O–H groups in total. The largest absolute Gasteiger partial charge is 0.482 e. The Bertz CT molecular complexity index is 746. The summed E-state index contributed by atoms with van der Waals surface area (Å²) in [6.07, 6.45) is 0. The van der Waals surface area contributed by atoms with Gasteiger partial charge in [0.15, 0.2) is 13.2 Å². The van der Waals surface area contributed by atoms with Gasteiger partial charge in [0.25, 0.3) is 5.91 Å². The van der Waals surface area contributed by atoms with E-state index in [1.165, 1.54) is 0 Å². The van der Waals surface area contributed by atoms with Crippen LogP contribution in [0.5, 0.6) is 5.75 Å². The van der Waals surface area contributed by atoms with Crippen molar-refractivity contribution in [1.29, 1.82) is 0 Å². The van der Waals surface area contributed by atoms with E-state index in [9.17, 15) is 9.59 Å². The molecule has 2 aromatic rings. The van der Waals surface area contributed by atoms with Gasteiger partial charge >= 0.3 is 5.97 Å². The van der Waals surface area contributed by atoms with Crippen molar-refractivity contribution >= 4 is 33.5 Å². The van der Waals surface area contributed by atoms with E-state index in [0.717, 1.165) is 15.6 Å². The van der Waals surface area contributed by atoms with Crippen LogP contribution < -0.4 is 10.1 Å². The number of halogens is 1. The number of aryl methyl sites for hydroxylation is 1. The predicted octanol–water partition coefficient (Wildman–Crippen LogP) is 3.63. The Morgan fingerprint density at radius 1 is 1.08 bits per heavy atom. The van der Waals surface area contributed by atoms with Gasteiger partial charge in [0.05, 0.1) is 0 Å². The number of hydrogen-bond donors (Lipinski definition) is 1. The van der Waals surface area contributed by atoms with Crippen LogP contribution in [0.25, 0.3) is 0 Å². The molecular weight excluding hydrogens is 374 g/mol. The molecule has 126 valence electrons. The molecule has 0 aliphatic rings. The van der Waals surface area contributed by atoms with E-state index in [1.807, 2.05) is 32.0 Å². The molecule has 0 spiro atoms. The number of nitrogens with one attached hydrogen (secondary N) is 1. The topological polar surface area (TPSA) is 64.6 Å². The zero-order chi connectivity index (χ0) is 17.5. The quantitative estimate of drug-likeness (QED) is 0.763. The van der Waals surface area contributed by atoms with Gasteiger partial charge in [-0.1, -0.05) is 34.1 Å². The number of rotatable bonds is 6. The van der Waals surface area contributed by atoms with Crippen LogP contribution in [-0.4, -0.2) is 25.1 Å². The smallest absolute Gasteiger partial charge is 0.344 e. The molecule has 0 radical (unpaired) electrons. The number of carbonyl (C=O) groups is 2. The molecule has 0 saturated carbocycles. The highest BCUT2D eigenvalue weighted by molar-refractivity contribution is 9.10. The molecule has 0 bridgehead atoms. The summed E-state index contributed by atoms with van der Waals surface area (Å²) in [6.45, 7) is 3.27. The monoisotopic (exact) mass is 391 g/mol. The summed E-state index contributed by atoms with van der Waals surface area (Å²) in [7, 11) is 0. The van der Waals surface area contributed by atoms with Crippen molar-refractivity contribution in [3.05, 3.63) is 58.1 Å². The fourth-order valence-corrected chi connectivity index (χ4v) is 2.34. The van der Waals surface area contributed by atoms with Crippen LogP contribution in [0.1, 0.15) is 11.1 Å². The van der Waals surface area contributed by atoms with Gasteiger partial charge in [-0.2, -0.15) is 0 Å². The van der Waals surface area contributed by atoms with Gasteiger partial charge in [-0.05, 0) is 49.2 Å². The minimum absolute atomic E-state index is 0.257. The highest BCUT2D eigenvalue weighted by Crippen LogP contribution is 2.18. The van der Waals surface area contributed by atoms with Crippen molar-refractivity contribution in [2.45, 2.75) is 13.8 Å². The first-order valence-corrected chi connectivity index (χ1v) is 8.15. The van der Waals surface area contributed by atoms with E-state index >= 15 is 0 Å². The Morgan fingerprint density at radius 2 is 1.83 bits per heavy atom. The van der Waals surface area contributed by atoms with Gasteiger partial charge in [0.2, 0.25) is 0 Å². The Hall–Kier alpha value is -2.34. The van der Waals surface area contributed by atoms with Gasteiger partial charge in [-0.25, -0.2) is 4.79 Å². The van der Waals surface area contributed by atoms with Crippen LogP contribution in [0.2, 0.25) is 0 Å². The Balaban J connectivity index is 1.77. The molecule has 2 aromatic carbocycles. The van der Waals surface area contributed by atoms with Crippen molar-refractivity contribution < 1.29 is 19.1 Å². The second-order valence-corrected chi connectivity index (χ2v) is 6.12. The molecule has 2 rings (SSSR count). The maximum absolute atomic E-state index is 11.9. The van der Waals surface area contributed by atoms with E-state index in [0.29, 0.717) is 11.4 Å². The molecule has 0 aliphatic carbocycles. The van der Waals surface area contributed by atoms with E-state index in [2.05, 4.69) is 21.2 Å². The summed E-state index contributed by atoms with van der Waals surface area (Å²) in [5, 5.41) is 2.72. The molecule has 0 aliphatic heterocycles. The highest BCUT2D eigenvalue weighted by atomic mass is 79.9. The second-order valence-electron chi connectivity index (χ2n) is 5.20. The van der Waals surface area contributed by atoms with Crippen molar-refractivity contribution in [3.63, 3.8) is 0 Å². The van der Waals surface area contributed by atoms with E-state index in [1.54, 1.807) is 24.3 Å². The first-order chi connectivity index (χ1) is 11.5. The predicted molar refractivity (Wildman–Crippen MR) is 95.1 cm³/mol. The lowest BCUT2D eigenvalue weighted by atomic mass is 10.1. The van der Waals surface area contributed by atoms with Crippen LogP contribution >= 0.6 is 15.9 Å². The summed E-state index contributed by atoms with van der Waals surface area (Å²) in [4.78, 5) is 23.5. The van der Waals surface area contributed by atoms with E-state index < -0.39 is 5.97 Å². The summed E-state index contributed by atoms with van der Waals surface area (Å²) < 4.78 is 11.1. The summed E-state index contributed by atoms with van der Waals surface area (Å²) >= 11 is 3.31. The lowest BCUT2D eigenvalue weighted by molar-refractivity contribution is -0.149. The molecule has 0 saturated heterocycles. The van der Waals surface area contributed by atoms with Crippen molar-refractivity contribution in [1.82, 2.24) is 0 Å². The van der Waals surface area contributed by atoms with Crippen molar-refractivity contribution in [2.24, 2.45) is 0 Å². The second kappa shape index (κ2) is 8.49. The molecule has 6 heteroatoms. The molecule has 5 nitrogen and oxygen atoms in total. The van der Waals surface area contributed by atoms with Gasteiger partial charge in [-0.3, -0.25) is 4.79 Å². The first kappa shape index (κ1) is 18.0. The standard InChI is InChI=1S/C18H18BrNO4/c1-12-5-3-8-16(13(12)2)20-17(21)10-24-18(22)11-23-15-7-4-6-14(19)9-15/h3-9H,10-11H2,1-2H3,(H,20,21). The molecule has 0 heterocycles. The lowest BCUT2D eigenvalue weighted by Crippen LogP contribution is -2.24. The third-order valence-electron chi connectivity index (χ3n) is 3.40. The molecular formula is C18H18BrNO4. The lowest BCUT2D eigenvalue weighted by Gasteiger charge is -2.11. The van der Waals surface area contributed by atoms with Crippen molar-refractivity contribution in [2.75, 3.05) is 18.5 Å². The van der Waals surface area contributed by atoms with Gasteiger partial charge in [0.1, 0.15) is 5.75 Å². The molecule has 0 unspecified atom stereocenters. The molecule has 0 atom stereocenters. The molecule has 1 amide bonds. The third-order valence-corrected chi connectivity index (χ3v) is 3.89. The zero-order valence-corrected chi connectivity index (χ0v) is 15.1. The average Bonchev–Trinajstić information content (AvgIpc) is 2.55. The molecule has 0 fully saturated rings. The summed E-state index contributed by atoms with van der Waals surface area (Å²) in [5.41, 5.74) is 2.77. The van der Waals surface area contributed by atoms with E-state index in [-0.39, 0.29) is 19.1 Å². The molecule has 24 heavy (non-hydrogen) atoms. The molecule has 0 aromatic heterocycles. The number of ether oxygens (including phenoxy) is 2. The Morgan fingerprint density at radius 3 is 2.58 bits per heavy atom. The first-order valence-electron chi connectivity index (χ1n) is 7.36. The fourth-order valence-electron chi connectivity index (χ4n) is 1.96. The fraction of sp³-hybridized carbons (Fsp3) is 0.222. The van der Waals surface area contributed by atoms with Gasteiger partial charge in [0, 0.05) is 10.2 Å². The Kier molecular flexibility index (Phi) is 6.37. The van der Waals surface area contributed by atoms with Gasteiger partial charge < -0.3 is 14.8 Å².